The topological polar surface area (TPSA) is 40.5 Å². The van der Waals surface area contributed by atoms with Crippen molar-refractivity contribution in [3.05, 3.63) is 0 Å². The Balaban J connectivity index is 2.72. The molecule has 1 aliphatic heterocycles. The predicted molar refractivity (Wildman–Crippen MR) is 65.8 cm³/mol. The second-order valence-electron chi connectivity index (χ2n) is 5.93. The van der Waals surface area contributed by atoms with Gasteiger partial charge in [-0.05, 0) is 38.6 Å². The molecule has 0 saturated carbocycles. The van der Waals surface area contributed by atoms with E-state index in [2.05, 4.69) is 13.8 Å². The first kappa shape index (κ1) is 16.3. The van der Waals surface area contributed by atoms with Gasteiger partial charge in [0.1, 0.15) is 0 Å². The van der Waals surface area contributed by atoms with Crippen LogP contribution < -0.4 is 0 Å². The molecule has 19 heavy (non-hydrogen) atoms. The monoisotopic (exact) mass is 281 g/mol. The van der Waals surface area contributed by atoms with Gasteiger partial charge >= 0.3 is 12.1 Å². The highest BCUT2D eigenvalue weighted by Crippen LogP contribution is 2.46. The highest BCUT2D eigenvalue weighted by Gasteiger charge is 2.63. The van der Waals surface area contributed by atoms with Gasteiger partial charge < -0.3 is 5.11 Å². The lowest BCUT2D eigenvalue weighted by Gasteiger charge is -2.29. The molecule has 1 saturated heterocycles. The summed E-state index contributed by atoms with van der Waals surface area (Å²) >= 11 is 0. The second-order valence-corrected chi connectivity index (χ2v) is 5.93. The lowest BCUT2D eigenvalue weighted by atomic mass is 9.86. The lowest BCUT2D eigenvalue weighted by molar-refractivity contribution is -0.227. The molecule has 0 aliphatic carbocycles. The highest BCUT2D eigenvalue weighted by atomic mass is 19.4. The van der Waals surface area contributed by atoms with Crippen molar-refractivity contribution < 1.29 is 23.1 Å². The standard InChI is InChI=1S/C13H22F3NO2/c1-9(2)4-5-10(3)17-7-6-12(8-17,11(18)19)13(14,15)16/h9-10H,4-8H2,1-3H3,(H,18,19). The molecule has 0 aromatic heterocycles. The maximum Gasteiger partial charge on any atom is 0.406 e. The molecule has 3 nitrogen and oxygen atoms in total. The van der Waals surface area contributed by atoms with Crippen LogP contribution in [0.3, 0.4) is 0 Å². The number of alkyl halides is 3. The smallest absolute Gasteiger partial charge is 0.406 e. The maximum absolute atomic E-state index is 13.0. The second kappa shape index (κ2) is 5.69. The van der Waals surface area contributed by atoms with Gasteiger partial charge in [-0.25, -0.2) is 0 Å². The minimum absolute atomic E-state index is 0.00836. The summed E-state index contributed by atoms with van der Waals surface area (Å²) in [7, 11) is 0. The van der Waals surface area contributed by atoms with E-state index >= 15 is 0 Å². The van der Waals surface area contributed by atoms with Gasteiger partial charge in [-0.15, -0.1) is 0 Å². The molecule has 1 fully saturated rings. The zero-order valence-corrected chi connectivity index (χ0v) is 11.6. The van der Waals surface area contributed by atoms with Crippen LogP contribution in [0.2, 0.25) is 0 Å². The molecule has 0 aromatic rings. The van der Waals surface area contributed by atoms with Crippen molar-refractivity contribution in [1.29, 1.82) is 0 Å². The molecule has 0 bridgehead atoms. The van der Waals surface area contributed by atoms with Crippen molar-refractivity contribution in [2.24, 2.45) is 11.3 Å². The van der Waals surface area contributed by atoms with Crippen molar-refractivity contribution in [2.45, 2.75) is 52.3 Å². The number of hydrogen-bond acceptors (Lipinski definition) is 2. The fourth-order valence-corrected chi connectivity index (χ4v) is 2.50. The summed E-state index contributed by atoms with van der Waals surface area (Å²) in [5.41, 5.74) is -2.58. The Kier molecular flexibility index (Phi) is 4.87. The number of carbonyl (C=O) groups is 1. The van der Waals surface area contributed by atoms with Gasteiger partial charge in [0, 0.05) is 12.6 Å². The number of aliphatic carboxylic acids is 1. The highest BCUT2D eigenvalue weighted by molar-refractivity contribution is 5.76. The average Bonchev–Trinajstić information content (AvgIpc) is 2.71. The lowest BCUT2D eigenvalue weighted by Crippen LogP contribution is -2.48. The molecular formula is C13H22F3NO2. The van der Waals surface area contributed by atoms with E-state index < -0.39 is 24.1 Å². The van der Waals surface area contributed by atoms with Crippen molar-refractivity contribution in [1.82, 2.24) is 4.90 Å². The van der Waals surface area contributed by atoms with Crippen LogP contribution >= 0.6 is 0 Å². The van der Waals surface area contributed by atoms with Crippen molar-refractivity contribution in [3.8, 4) is 0 Å². The van der Waals surface area contributed by atoms with E-state index in [1.54, 1.807) is 4.90 Å². The number of rotatable bonds is 5. The number of nitrogens with zero attached hydrogens (tertiary/aromatic N) is 1. The van der Waals surface area contributed by atoms with Crippen LogP contribution in [0.15, 0.2) is 0 Å². The van der Waals surface area contributed by atoms with E-state index in [0.29, 0.717) is 5.92 Å². The maximum atomic E-state index is 13.0. The molecule has 2 unspecified atom stereocenters. The van der Waals surface area contributed by atoms with Gasteiger partial charge in [-0.2, -0.15) is 13.2 Å². The van der Waals surface area contributed by atoms with Gasteiger partial charge in [-0.3, -0.25) is 9.69 Å². The quantitative estimate of drug-likeness (QED) is 0.841. The Labute approximate surface area is 111 Å². The molecule has 1 aliphatic rings. The third kappa shape index (κ3) is 3.41. The fraction of sp³-hybridized carbons (Fsp3) is 0.923. The largest absolute Gasteiger partial charge is 0.481 e. The molecule has 0 spiro atoms. The van der Waals surface area contributed by atoms with Gasteiger partial charge in [-0.1, -0.05) is 13.8 Å². The third-order valence-corrected chi connectivity index (χ3v) is 4.04. The molecule has 1 rings (SSSR count). The van der Waals surface area contributed by atoms with E-state index in [0.717, 1.165) is 12.8 Å². The SMILES string of the molecule is CC(C)CCC(C)N1CCC(C(=O)O)(C(F)(F)F)C1. The number of hydrogen-bond donors (Lipinski definition) is 1. The van der Waals surface area contributed by atoms with Crippen LogP contribution in [-0.2, 0) is 4.79 Å². The summed E-state index contributed by atoms with van der Waals surface area (Å²) in [6.07, 6.45) is -3.31. The van der Waals surface area contributed by atoms with Crippen molar-refractivity contribution >= 4 is 5.97 Å². The molecule has 2 atom stereocenters. The average molecular weight is 281 g/mol. The zero-order chi connectivity index (χ0) is 14.8. The van der Waals surface area contributed by atoms with Gasteiger partial charge in [0.2, 0.25) is 0 Å². The summed E-state index contributed by atoms with van der Waals surface area (Å²) in [6.45, 7) is 5.77. The normalized spacial score (nSPS) is 26.9. The Morgan fingerprint density at radius 2 is 1.89 bits per heavy atom. The number of halogens is 3. The van der Waals surface area contributed by atoms with Crippen molar-refractivity contribution in [2.75, 3.05) is 13.1 Å². The first-order chi connectivity index (χ1) is 8.60. The third-order valence-electron chi connectivity index (χ3n) is 4.04. The van der Waals surface area contributed by atoms with Gasteiger partial charge in [0.05, 0.1) is 0 Å². The zero-order valence-electron chi connectivity index (χ0n) is 11.6. The first-order valence-corrected chi connectivity index (χ1v) is 6.64. The minimum atomic E-state index is -4.69. The first-order valence-electron chi connectivity index (χ1n) is 6.64. The predicted octanol–water partition coefficient (Wildman–Crippen LogP) is 3.15. The molecule has 6 heteroatoms. The Morgan fingerprint density at radius 1 is 1.32 bits per heavy atom. The van der Waals surface area contributed by atoms with E-state index in [-0.39, 0.29) is 19.0 Å². The number of likely N-dealkylation sites (tertiary alicyclic amines) is 1. The molecule has 1 heterocycles. The minimum Gasteiger partial charge on any atom is -0.481 e. The van der Waals surface area contributed by atoms with E-state index in [9.17, 15) is 18.0 Å². The Hall–Kier alpha value is -0.780. The molecule has 0 amide bonds. The van der Waals surface area contributed by atoms with Gasteiger partial charge in [0.15, 0.2) is 5.41 Å². The van der Waals surface area contributed by atoms with Crippen LogP contribution in [0.1, 0.15) is 40.0 Å². The van der Waals surface area contributed by atoms with Crippen molar-refractivity contribution in [3.63, 3.8) is 0 Å². The molecule has 112 valence electrons. The summed E-state index contributed by atoms with van der Waals surface area (Å²) in [5, 5.41) is 8.97. The van der Waals surface area contributed by atoms with Gasteiger partial charge in [0.25, 0.3) is 0 Å². The Morgan fingerprint density at radius 3 is 2.26 bits per heavy atom. The van der Waals surface area contributed by atoms with E-state index in [4.69, 9.17) is 5.11 Å². The number of carboxylic acids is 1. The molecule has 0 aromatic carbocycles. The summed E-state index contributed by atoms with van der Waals surface area (Å²) in [5.74, 6) is -1.25. The number of carboxylic acid groups (broad SMARTS) is 1. The molecule has 1 N–H and O–H groups in total. The van der Waals surface area contributed by atoms with Crippen LogP contribution in [0.4, 0.5) is 13.2 Å². The van der Waals surface area contributed by atoms with E-state index in [1.807, 2.05) is 6.92 Å². The van der Waals surface area contributed by atoms with Crippen LogP contribution in [0.25, 0.3) is 0 Å². The summed E-state index contributed by atoms with van der Waals surface area (Å²) in [6, 6.07) is -0.00836. The summed E-state index contributed by atoms with van der Waals surface area (Å²) in [4.78, 5) is 12.7. The van der Waals surface area contributed by atoms with Crippen LogP contribution in [-0.4, -0.2) is 41.3 Å². The van der Waals surface area contributed by atoms with E-state index in [1.165, 1.54) is 0 Å². The fourth-order valence-electron chi connectivity index (χ4n) is 2.50. The molecule has 0 radical (unpaired) electrons. The van der Waals surface area contributed by atoms with Crippen LogP contribution in [0.5, 0.6) is 0 Å². The molecular weight excluding hydrogens is 259 g/mol. The Bertz CT molecular complexity index is 330. The summed E-state index contributed by atoms with van der Waals surface area (Å²) < 4.78 is 39.0. The van der Waals surface area contributed by atoms with Crippen LogP contribution in [0, 0.1) is 11.3 Å².